The third kappa shape index (κ3) is 2.34. The van der Waals surface area contributed by atoms with E-state index in [0.29, 0.717) is 11.4 Å². The van der Waals surface area contributed by atoms with Crippen LogP contribution in [0.3, 0.4) is 0 Å². The van der Waals surface area contributed by atoms with Gasteiger partial charge in [-0.05, 0) is 28.1 Å². The quantitative estimate of drug-likeness (QED) is 0.790. The molecule has 0 saturated heterocycles. The van der Waals surface area contributed by atoms with Crippen LogP contribution in [-0.2, 0) is 0 Å². The van der Waals surface area contributed by atoms with Crippen LogP contribution in [0.1, 0.15) is 17.5 Å². The first-order valence-corrected chi connectivity index (χ1v) is 6.54. The summed E-state index contributed by atoms with van der Waals surface area (Å²) in [7, 11) is 0. The topological polar surface area (TPSA) is 58.9 Å². The second-order valence-corrected chi connectivity index (χ2v) is 4.94. The second-order valence-electron chi connectivity index (χ2n) is 4.08. The molecular weight excluding hydrogens is 306 g/mol. The van der Waals surface area contributed by atoms with Gasteiger partial charge >= 0.3 is 0 Å². The van der Waals surface area contributed by atoms with Crippen molar-refractivity contribution in [2.75, 3.05) is 0 Å². The molecule has 0 radical (unpaired) electrons. The molecule has 1 unspecified atom stereocenters. The van der Waals surface area contributed by atoms with E-state index >= 15 is 0 Å². The summed E-state index contributed by atoms with van der Waals surface area (Å²) in [6.07, 6.45) is 3.76. The van der Waals surface area contributed by atoms with Gasteiger partial charge in [-0.3, -0.25) is 9.97 Å². The molecule has 3 rings (SSSR count). The standard InChI is InChI=1S/C14H10BrN3O/c15-10-7-9-3-1-2-4-11(9)18-13(10)14(19)12-8-16-5-6-17-12/h1-8,14,19H. The molecule has 1 atom stereocenters. The highest BCUT2D eigenvalue weighted by Gasteiger charge is 2.17. The third-order valence-electron chi connectivity index (χ3n) is 2.83. The highest BCUT2D eigenvalue weighted by molar-refractivity contribution is 9.10. The minimum absolute atomic E-state index is 0.478. The van der Waals surface area contributed by atoms with Crippen LogP contribution in [0.2, 0.25) is 0 Å². The van der Waals surface area contributed by atoms with Crippen molar-refractivity contribution >= 4 is 26.8 Å². The highest BCUT2D eigenvalue weighted by Crippen LogP contribution is 2.28. The Labute approximate surface area is 118 Å². The maximum Gasteiger partial charge on any atom is 0.140 e. The third-order valence-corrected chi connectivity index (χ3v) is 3.46. The lowest BCUT2D eigenvalue weighted by molar-refractivity contribution is 0.209. The molecule has 0 aliphatic heterocycles. The van der Waals surface area contributed by atoms with Crippen LogP contribution >= 0.6 is 15.9 Å². The number of hydrogen-bond acceptors (Lipinski definition) is 4. The van der Waals surface area contributed by atoms with E-state index in [-0.39, 0.29) is 0 Å². The summed E-state index contributed by atoms with van der Waals surface area (Å²) < 4.78 is 0.754. The number of aliphatic hydroxyl groups excluding tert-OH is 1. The Bertz CT molecular complexity index is 718. The van der Waals surface area contributed by atoms with Gasteiger partial charge in [0.25, 0.3) is 0 Å². The summed E-state index contributed by atoms with van der Waals surface area (Å²) in [4.78, 5) is 12.5. The fourth-order valence-electron chi connectivity index (χ4n) is 1.89. The molecular formula is C14H10BrN3O. The fourth-order valence-corrected chi connectivity index (χ4v) is 2.44. The second kappa shape index (κ2) is 5.03. The minimum atomic E-state index is -0.896. The molecule has 3 aromatic rings. The van der Waals surface area contributed by atoms with Crippen molar-refractivity contribution in [1.29, 1.82) is 0 Å². The van der Waals surface area contributed by atoms with E-state index in [4.69, 9.17) is 0 Å². The number of aromatic nitrogens is 3. The van der Waals surface area contributed by atoms with Crippen LogP contribution in [0.4, 0.5) is 0 Å². The maximum absolute atomic E-state index is 10.3. The molecule has 0 amide bonds. The lowest BCUT2D eigenvalue weighted by atomic mass is 10.1. The Balaban J connectivity index is 2.12. The van der Waals surface area contributed by atoms with Crippen molar-refractivity contribution in [3.05, 3.63) is 64.8 Å². The predicted octanol–water partition coefficient (Wildman–Crippen LogP) is 2.87. The van der Waals surface area contributed by atoms with Gasteiger partial charge in [-0.2, -0.15) is 0 Å². The first-order chi connectivity index (χ1) is 9.25. The molecule has 2 aromatic heterocycles. The van der Waals surface area contributed by atoms with E-state index in [9.17, 15) is 5.11 Å². The van der Waals surface area contributed by atoms with E-state index < -0.39 is 6.10 Å². The zero-order valence-electron chi connectivity index (χ0n) is 9.86. The molecule has 0 aliphatic carbocycles. The van der Waals surface area contributed by atoms with Gasteiger partial charge in [0.2, 0.25) is 0 Å². The van der Waals surface area contributed by atoms with Gasteiger partial charge in [-0.25, -0.2) is 4.98 Å². The van der Waals surface area contributed by atoms with Gasteiger partial charge in [0.05, 0.1) is 23.1 Å². The lowest BCUT2D eigenvalue weighted by Gasteiger charge is -2.12. The monoisotopic (exact) mass is 315 g/mol. The van der Waals surface area contributed by atoms with E-state index in [2.05, 4.69) is 30.9 Å². The van der Waals surface area contributed by atoms with Crippen molar-refractivity contribution in [2.24, 2.45) is 0 Å². The van der Waals surface area contributed by atoms with Gasteiger partial charge in [0, 0.05) is 22.3 Å². The van der Waals surface area contributed by atoms with Gasteiger partial charge in [0.1, 0.15) is 6.10 Å². The van der Waals surface area contributed by atoms with Crippen LogP contribution in [0.15, 0.2) is 53.4 Å². The largest absolute Gasteiger partial charge is 0.380 e. The van der Waals surface area contributed by atoms with Crippen LogP contribution < -0.4 is 0 Å². The lowest BCUT2D eigenvalue weighted by Crippen LogP contribution is -2.06. The Kier molecular flexibility index (Phi) is 3.23. The Morgan fingerprint density at radius 3 is 2.79 bits per heavy atom. The van der Waals surface area contributed by atoms with Crippen molar-refractivity contribution in [1.82, 2.24) is 15.0 Å². The molecule has 1 aromatic carbocycles. The molecule has 0 bridgehead atoms. The van der Waals surface area contributed by atoms with Crippen LogP contribution in [0.5, 0.6) is 0 Å². The average Bonchev–Trinajstić information content (AvgIpc) is 2.47. The van der Waals surface area contributed by atoms with Crippen LogP contribution in [-0.4, -0.2) is 20.1 Å². The number of rotatable bonds is 2. The van der Waals surface area contributed by atoms with Crippen molar-refractivity contribution in [3.8, 4) is 0 Å². The summed E-state index contributed by atoms with van der Waals surface area (Å²) in [5.41, 5.74) is 1.86. The number of para-hydroxylation sites is 1. The molecule has 0 aliphatic rings. The molecule has 0 saturated carbocycles. The number of fused-ring (bicyclic) bond motifs is 1. The summed E-state index contributed by atoms with van der Waals surface area (Å²) in [6.45, 7) is 0. The molecule has 0 spiro atoms. The number of aliphatic hydroxyl groups is 1. The van der Waals surface area contributed by atoms with Gasteiger partial charge in [-0.1, -0.05) is 18.2 Å². The first kappa shape index (κ1) is 12.2. The fraction of sp³-hybridized carbons (Fsp3) is 0.0714. The van der Waals surface area contributed by atoms with Gasteiger partial charge in [-0.15, -0.1) is 0 Å². The zero-order chi connectivity index (χ0) is 13.2. The normalized spacial score (nSPS) is 12.5. The molecule has 1 N–H and O–H groups in total. The van der Waals surface area contributed by atoms with Crippen molar-refractivity contribution in [2.45, 2.75) is 6.10 Å². The van der Waals surface area contributed by atoms with E-state index in [1.165, 1.54) is 6.20 Å². The molecule has 0 fully saturated rings. The SMILES string of the molecule is OC(c1cnccn1)c1nc2ccccc2cc1Br. The summed E-state index contributed by atoms with van der Waals surface area (Å²) in [6, 6.07) is 9.70. The molecule has 94 valence electrons. The Morgan fingerprint density at radius 1 is 1.16 bits per heavy atom. The molecule has 5 heteroatoms. The average molecular weight is 316 g/mol. The van der Waals surface area contributed by atoms with Gasteiger partial charge < -0.3 is 5.11 Å². The van der Waals surface area contributed by atoms with E-state index in [1.807, 2.05) is 30.3 Å². The molecule has 4 nitrogen and oxygen atoms in total. The number of halogens is 1. The zero-order valence-corrected chi connectivity index (χ0v) is 11.4. The number of pyridine rings is 1. The molecule has 2 heterocycles. The van der Waals surface area contributed by atoms with Crippen LogP contribution in [0.25, 0.3) is 10.9 Å². The van der Waals surface area contributed by atoms with E-state index in [0.717, 1.165) is 15.4 Å². The van der Waals surface area contributed by atoms with Gasteiger partial charge in [0.15, 0.2) is 0 Å². The van der Waals surface area contributed by atoms with Crippen molar-refractivity contribution < 1.29 is 5.11 Å². The summed E-state index contributed by atoms with van der Waals surface area (Å²) >= 11 is 3.44. The van der Waals surface area contributed by atoms with Crippen molar-refractivity contribution in [3.63, 3.8) is 0 Å². The summed E-state index contributed by atoms with van der Waals surface area (Å²) in [5, 5.41) is 11.4. The highest BCUT2D eigenvalue weighted by atomic mass is 79.9. The van der Waals surface area contributed by atoms with E-state index in [1.54, 1.807) is 12.4 Å². The number of nitrogens with zero attached hydrogens (tertiary/aromatic N) is 3. The Morgan fingerprint density at radius 2 is 2.00 bits per heavy atom. The smallest absolute Gasteiger partial charge is 0.140 e. The number of hydrogen-bond donors (Lipinski definition) is 1. The summed E-state index contributed by atoms with van der Waals surface area (Å²) in [5.74, 6) is 0. The van der Waals surface area contributed by atoms with Crippen LogP contribution in [0, 0.1) is 0 Å². The number of benzene rings is 1. The first-order valence-electron chi connectivity index (χ1n) is 5.75. The Hall–Kier alpha value is -1.85. The predicted molar refractivity (Wildman–Crippen MR) is 75.5 cm³/mol. The molecule has 19 heavy (non-hydrogen) atoms. The maximum atomic E-state index is 10.3. The minimum Gasteiger partial charge on any atom is -0.380 e.